The third-order valence-electron chi connectivity index (χ3n) is 9.87. The number of carbonyl (C=O) groups excluding carboxylic acids is 3. The van der Waals surface area contributed by atoms with E-state index in [1.54, 1.807) is 22.0 Å². The standard InChI is InChI=1S/C38H40BrN3O5/c1-5-20-40(27-18-11-8-12-19-27)35(44)30-31-36(45)42(29(23-43)26-16-9-7-10-17-26)34(38(31)22-28(39)33(30)47-38)37(46)41(21-6-2)32-24(3)14-13-15-25(32)4/h5-19,28-31,33-34,43H,1-2,20-23H2,3-4H3/t28?,29-,30+,31+,33+,34?,38?/m1/s1. The molecule has 3 aliphatic rings. The molecule has 3 aromatic carbocycles. The highest BCUT2D eigenvalue weighted by molar-refractivity contribution is 9.09. The second-order valence-electron chi connectivity index (χ2n) is 12.6. The van der Waals surface area contributed by atoms with Crippen molar-refractivity contribution in [2.75, 3.05) is 29.5 Å². The fourth-order valence-corrected chi connectivity index (χ4v) is 8.98. The minimum atomic E-state index is -1.32. The van der Waals surface area contributed by atoms with Crippen molar-refractivity contribution in [2.24, 2.45) is 11.8 Å². The van der Waals surface area contributed by atoms with Crippen LogP contribution < -0.4 is 9.80 Å². The molecule has 3 amide bonds. The van der Waals surface area contributed by atoms with Gasteiger partial charge in [-0.3, -0.25) is 14.4 Å². The van der Waals surface area contributed by atoms with E-state index < -0.39 is 42.2 Å². The molecule has 3 aromatic rings. The van der Waals surface area contributed by atoms with Crippen LogP contribution in [0, 0.1) is 25.7 Å². The zero-order valence-corrected chi connectivity index (χ0v) is 28.3. The molecular weight excluding hydrogens is 658 g/mol. The molecule has 1 N–H and O–H groups in total. The van der Waals surface area contributed by atoms with E-state index in [4.69, 9.17) is 4.74 Å². The zero-order chi connectivity index (χ0) is 33.5. The minimum Gasteiger partial charge on any atom is -0.394 e. The maximum atomic E-state index is 15.2. The van der Waals surface area contributed by atoms with Gasteiger partial charge in [0.25, 0.3) is 5.91 Å². The number of benzene rings is 3. The fourth-order valence-electron chi connectivity index (χ4n) is 8.03. The molecule has 6 rings (SSSR count). The first kappa shape index (κ1) is 32.9. The van der Waals surface area contributed by atoms with E-state index in [-0.39, 0.29) is 35.6 Å². The van der Waals surface area contributed by atoms with Gasteiger partial charge in [-0.05, 0) is 49.1 Å². The lowest BCUT2D eigenvalue weighted by Gasteiger charge is -2.40. The van der Waals surface area contributed by atoms with Crippen LogP contribution in [0.15, 0.2) is 104 Å². The van der Waals surface area contributed by atoms with Crippen molar-refractivity contribution in [3.8, 4) is 0 Å². The Morgan fingerprint density at radius 3 is 2.15 bits per heavy atom. The number of nitrogens with zero attached hydrogens (tertiary/aromatic N) is 3. The Labute approximate surface area is 284 Å². The van der Waals surface area contributed by atoms with Crippen LogP contribution in [0.5, 0.6) is 0 Å². The lowest BCUT2D eigenvalue weighted by atomic mass is 9.70. The quantitative estimate of drug-likeness (QED) is 0.211. The van der Waals surface area contributed by atoms with Crippen LogP contribution in [-0.2, 0) is 19.1 Å². The van der Waals surface area contributed by atoms with Crippen LogP contribution in [0.3, 0.4) is 0 Å². The highest BCUT2D eigenvalue weighted by Gasteiger charge is 2.77. The molecule has 3 unspecified atom stereocenters. The Bertz CT molecular complexity index is 1660. The van der Waals surface area contributed by atoms with Gasteiger partial charge in [0, 0.05) is 29.3 Å². The largest absolute Gasteiger partial charge is 0.394 e. The van der Waals surface area contributed by atoms with E-state index in [9.17, 15) is 14.7 Å². The van der Waals surface area contributed by atoms with Crippen LogP contribution in [0.2, 0.25) is 0 Å². The van der Waals surface area contributed by atoms with E-state index in [0.29, 0.717) is 17.7 Å². The van der Waals surface area contributed by atoms with Gasteiger partial charge in [0.1, 0.15) is 11.6 Å². The maximum Gasteiger partial charge on any atom is 0.253 e. The minimum absolute atomic E-state index is 0.198. The molecule has 7 atom stereocenters. The Morgan fingerprint density at radius 1 is 0.957 bits per heavy atom. The summed E-state index contributed by atoms with van der Waals surface area (Å²) in [6, 6.07) is 22.4. The van der Waals surface area contributed by atoms with Gasteiger partial charge in [-0.25, -0.2) is 0 Å². The van der Waals surface area contributed by atoms with E-state index in [2.05, 4.69) is 29.1 Å². The van der Waals surface area contributed by atoms with Crippen molar-refractivity contribution in [3.63, 3.8) is 0 Å². The van der Waals surface area contributed by atoms with Crippen molar-refractivity contribution in [3.05, 3.63) is 121 Å². The third-order valence-corrected chi connectivity index (χ3v) is 10.7. The van der Waals surface area contributed by atoms with Gasteiger partial charge in [-0.2, -0.15) is 0 Å². The number of rotatable bonds is 11. The molecule has 9 heteroatoms. The Morgan fingerprint density at radius 2 is 1.55 bits per heavy atom. The second kappa shape index (κ2) is 13.2. The third kappa shape index (κ3) is 5.34. The molecule has 0 aliphatic carbocycles. The predicted molar refractivity (Wildman–Crippen MR) is 186 cm³/mol. The van der Waals surface area contributed by atoms with Crippen LogP contribution in [-0.4, -0.2) is 70.0 Å². The number of carbonyl (C=O) groups is 3. The number of amides is 3. The van der Waals surface area contributed by atoms with Gasteiger partial charge in [0.05, 0.1) is 30.6 Å². The monoisotopic (exact) mass is 697 g/mol. The van der Waals surface area contributed by atoms with E-state index in [0.717, 1.165) is 16.8 Å². The lowest BCUT2D eigenvalue weighted by Crippen LogP contribution is -2.58. The van der Waals surface area contributed by atoms with Crippen LogP contribution in [0.1, 0.15) is 29.2 Å². The van der Waals surface area contributed by atoms with E-state index >= 15 is 4.79 Å². The molecule has 244 valence electrons. The van der Waals surface area contributed by atoms with Crippen LogP contribution in [0.4, 0.5) is 11.4 Å². The molecule has 0 saturated carbocycles. The summed E-state index contributed by atoms with van der Waals surface area (Å²) in [5.41, 5.74) is 2.59. The van der Waals surface area contributed by atoms with Crippen molar-refractivity contribution in [2.45, 2.75) is 48.9 Å². The number of hydrogen-bond acceptors (Lipinski definition) is 5. The van der Waals surface area contributed by atoms with Gasteiger partial charge in [-0.1, -0.05) is 94.8 Å². The van der Waals surface area contributed by atoms with Crippen LogP contribution >= 0.6 is 15.9 Å². The average Bonchev–Trinajstić information content (AvgIpc) is 3.67. The van der Waals surface area contributed by atoms with Crippen molar-refractivity contribution in [1.29, 1.82) is 0 Å². The molecule has 1 spiro atoms. The fraction of sp³-hybridized carbons (Fsp3) is 0.342. The Balaban J connectivity index is 1.52. The Hall–Kier alpha value is -4.05. The number of aryl methyl sites for hydroxylation is 2. The number of aliphatic hydroxyl groups excluding tert-OH is 1. The summed E-state index contributed by atoms with van der Waals surface area (Å²) in [5.74, 6) is -2.80. The molecule has 3 fully saturated rings. The average molecular weight is 699 g/mol. The molecule has 3 heterocycles. The van der Waals surface area contributed by atoms with Crippen molar-refractivity contribution < 1.29 is 24.2 Å². The summed E-state index contributed by atoms with van der Waals surface area (Å²) in [6.07, 6.45) is 3.03. The number of alkyl halides is 1. The molecule has 3 saturated heterocycles. The summed E-state index contributed by atoms with van der Waals surface area (Å²) in [5, 5.41) is 10.9. The molecule has 2 bridgehead atoms. The summed E-state index contributed by atoms with van der Waals surface area (Å²) in [6.45, 7) is 11.7. The normalized spacial score (nSPS) is 26.5. The molecule has 47 heavy (non-hydrogen) atoms. The number of likely N-dealkylation sites (tertiary alicyclic amines) is 1. The van der Waals surface area contributed by atoms with Gasteiger partial charge >= 0.3 is 0 Å². The first-order valence-electron chi connectivity index (χ1n) is 16.0. The van der Waals surface area contributed by atoms with E-state index in [1.807, 2.05) is 92.7 Å². The van der Waals surface area contributed by atoms with Crippen LogP contribution in [0.25, 0.3) is 0 Å². The van der Waals surface area contributed by atoms with Gasteiger partial charge in [-0.15, -0.1) is 13.2 Å². The number of hydrogen-bond donors (Lipinski definition) is 1. The summed E-state index contributed by atoms with van der Waals surface area (Å²) in [7, 11) is 0. The molecule has 3 aliphatic heterocycles. The van der Waals surface area contributed by atoms with Gasteiger partial charge < -0.3 is 24.5 Å². The van der Waals surface area contributed by atoms with Crippen molar-refractivity contribution in [1.82, 2.24) is 4.90 Å². The molecular formula is C38H40BrN3O5. The highest BCUT2D eigenvalue weighted by atomic mass is 79.9. The Kier molecular flexibility index (Phi) is 9.25. The zero-order valence-electron chi connectivity index (χ0n) is 26.7. The smallest absolute Gasteiger partial charge is 0.253 e. The first-order valence-corrected chi connectivity index (χ1v) is 16.9. The summed E-state index contributed by atoms with van der Waals surface area (Å²) >= 11 is 3.80. The topological polar surface area (TPSA) is 90.4 Å². The SMILES string of the molecule is C=CCN(C(=O)[C@H]1[C@H]2C(=O)N([C@H](CO)c3ccccc3)C(C(=O)N(CC=C)c3c(C)cccc3C)C23CC(Br)[C@@H]1O3)c1ccccc1. The maximum absolute atomic E-state index is 15.2. The number of aliphatic hydroxyl groups is 1. The molecule has 0 aromatic heterocycles. The number of halogens is 1. The number of fused-ring (bicyclic) bond motifs is 1. The summed E-state index contributed by atoms with van der Waals surface area (Å²) < 4.78 is 6.85. The number of ether oxygens (including phenoxy) is 1. The van der Waals surface area contributed by atoms with Gasteiger partial charge in [0.2, 0.25) is 11.8 Å². The van der Waals surface area contributed by atoms with Crippen molar-refractivity contribution >= 4 is 45.0 Å². The summed E-state index contributed by atoms with van der Waals surface area (Å²) in [4.78, 5) is 49.4. The van der Waals surface area contributed by atoms with Gasteiger partial charge in [0.15, 0.2) is 0 Å². The number of anilines is 2. The molecule has 8 nitrogen and oxygen atoms in total. The highest BCUT2D eigenvalue weighted by Crippen LogP contribution is 2.61. The number of para-hydroxylation sites is 2. The molecule has 0 radical (unpaired) electrons. The second-order valence-corrected chi connectivity index (χ2v) is 13.7. The first-order chi connectivity index (χ1) is 22.7. The van der Waals surface area contributed by atoms with E-state index in [1.165, 1.54) is 4.90 Å². The lowest BCUT2D eigenvalue weighted by molar-refractivity contribution is -0.144. The predicted octanol–water partition coefficient (Wildman–Crippen LogP) is 5.52.